The van der Waals surface area contributed by atoms with Crippen LogP contribution in [0.5, 0.6) is 0 Å². The molecule has 4 aliphatic heterocycles. The predicted octanol–water partition coefficient (Wildman–Crippen LogP) is 6.65. The molecule has 1 N–H and O–H groups in total. The highest BCUT2D eigenvalue weighted by Gasteiger charge is 2.36. The molecular formula is C51H67N5O7. The molecule has 63 heavy (non-hydrogen) atoms. The molecule has 6 aliphatic rings. The third-order valence-electron chi connectivity index (χ3n) is 15.9. The fraction of sp³-hybridized carbons (Fsp3) is 0.608. The summed E-state index contributed by atoms with van der Waals surface area (Å²) in [6, 6.07) is 12.3. The summed E-state index contributed by atoms with van der Waals surface area (Å²) >= 11 is 0. The lowest BCUT2D eigenvalue weighted by Gasteiger charge is -2.33. The van der Waals surface area contributed by atoms with E-state index in [1.54, 1.807) is 4.90 Å². The van der Waals surface area contributed by atoms with Gasteiger partial charge >= 0.3 is 5.97 Å². The number of nitrogens with one attached hydrogen (secondary N) is 1. The standard InChI is InChI=1S/C26H35N3O3.C25H32N2O4/c1-3-27-25(30)20-8-11-29(16-20)26(31)19-5-7-24-22(15-19)21-14-18(4-6-23(21)28(24)2)17-9-12-32-13-10-17;1-26-22-5-3-17(16-8-11-31-12-9-16)13-20(22)21-14-18(4-6-23(21)26)24(28)27-10-7-19(15-27)25(29)30-2/h5,7,15,17-18,20H,3-4,6,8-14,16H2,1-2H3,(H,27,30);4,6,14,16-17,19H,3,5,7-13,15H2,1-2H3. The number of ether oxygens (including phenoxy) is 3. The van der Waals surface area contributed by atoms with E-state index in [4.69, 9.17) is 14.2 Å². The number of likely N-dealkylation sites (tertiary alicyclic amines) is 2. The number of carbonyl (C=O) groups excluding carboxylic acids is 4. The molecule has 0 bridgehead atoms. The Morgan fingerprint density at radius 1 is 0.635 bits per heavy atom. The summed E-state index contributed by atoms with van der Waals surface area (Å²) in [6.07, 6.45) is 13.1. The van der Waals surface area contributed by atoms with Crippen molar-refractivity contribution in [3.05, 3.63) is 70.0 Å². The van der Waals surface area contributed by atoms with Crippen LogP contribution in [0.3, 0.4) is 0 Å². The molecule has 2 aliphatic carbocycles. The van der Waals surface area contributed by atoms with Gasteiger partial charge in [0.25, 0.3) is 11.8 Å². The summed E-state index contributed by atoms with van der Waals surface area (Å²) < 4.78 is 20.7. The van der Waals surface area contributed by atoms with Crippen molar-refractivity contribution in [2.24, 2.45) is 49.6 Å². The fourth-order valence-electron chi connectivity index (χ4n) is 12.2. The smallest absolute Gasteiger partial charge is 0.310 e. The largest absolute Gasteiger partial charge is 0.469 e. The van der Waals surface area contributed by atoms with E-state index >= 15 is 0 Å². The van der Waals surface area contributed by atoms with Crippen molar-refractivity contribution in [1.82, 2.24) is 24.3 Å². The van der Waals surface area contributed by atoms with Gasteiger partial charge in [0.1, 0.15) is 0 Å². The van der Waals surface area contributed by atoms with Gasteiger partial charge in [-0.3, -0.25) is 19.2 Å². The van der Waals surface area contributed by atoms with Crippen LogP contribution in [0.15, 0.2) is 36.4 Å². The molecule has 4 aromatic rings. The molecule has 3 amide bonds. The first kappa shape index (κ1) is 43.6. The Hall–Kier alpha value is -4.68. The maximum Gasteiger partial charge on any atom is 0.310 e. The van der Waals surface area contributed by atoms with E-state index in [-0.39, 0.29) is 35.5 Å². The van der Waals surface area contributed by atoms with Crippen LogP contribution in [0, 0.1) is 35.5 Å². The topological polar surface area (TPSA) is 124 Å². The minimum absolute atomic E-state index is 0.0164. The molecule has 12 heteroatoms. The Balaban J connectivity index is 0.000000160. The van der Waals surface area contributed by atoms with Gasteiger partial charge in [-0.05, 0) is 155 Å². The van der Waals surface area contributed by atoms with Gasteiger partial charge in [0.05, 0.1) is 18.9 Å². The zero-order chi connectivity index (χ0) is 43.8. The Morgan fingerprint density at radius 2 is 1.10 bits per heavy atom. The lowest BCUT2D eigenvalue weighted by atomic mass is 9.75. The van der Waals surface area contributed by atoms with Crippen LogP contribution >= 0.6 is 0 Å². The zero-order valence-corrected chi connectivity index (χ0v) is 37.9. The minimum atomic E-state index is -0.220. The van der Waals surface area contributed by atoms with E-state index in [1.165, 1.54) is 90.0 Å². The number of methoxy groups -OCH3 is 1. The molecule has 0 saturated carbocycles. The minimum Gasteiger partial charge on any atom is -0.469 e. The van der Waals surface area contributed by atoms with Crippen molar-refractivity contribution in [2.75, 3.05) is 66.3 Å². The van der Waals surface area contributed by atoms with Crippen molar-refractivity contribution in [1.29, 1.82) is 0 Å². The van der Waals surface area contributed by atoms with E-state index in [0.29, 0.717) is 51.0 Å². The fourth-order valence-corrected chi connectivity index (χ4v) is 12.2. The van der Waals surface area contributed by atoms with Gasteiger partial charge < -0.3 is 38.5 Å². The first-order valence-electron chi connectivity index (χ1n) is 23.9. The van der Waals surface area contributed by atoms with Crippen molar-refractivity contribution in [3.63, 3.8) is 0 Å². The number of nitrogens with zero attached hydrogens (tertiary/aromatic N) is 4. The average molecular weight is 862 g/mol. The number of hydrogen-bond donors (Lipinski definition) is 1. The van der Waals surface area contributed by atoms with Gasteiger partial charge in [0.15, 0.2) is 0 Å². The van der Waals surface area contributed by atoms with Gasteiger partial charge in [-0.1, -0.05) is 0 Å². The van der Waals surface area contributed by atoms with Crippen LogP contribution in [0.1, 0.15) is 102 Å². The Labute approximate surface area is 371 Å². The number of hydrogen-bond acceptors (Lipinski definition) is 7. The third kappa shape index (κ3) is 8.66. The van der Waals surface area contributed by atoms with Gasteiger partial charge in [0, 0.05) is 118 Å². The van der Waals surface area contributed by atoms with Gasteiger partial charge in [-0.15, -0.1) is 0 Å². The van der Waals surface area contributed by atoms with Crippen LogP contribution in [0.4, 0.5) is 0 Å². The zero-order valence-electron chi connectivity index (χ0n) is 37.9. The first-order valence-corrected chi connectivity index (χ1v) is 23.9. The SMILES string of the molecule is CCNC(=O)C1CCN(C(=O)c2ccc3c(c2)c2c(n3C)CCC(C3CCOCC3)C2)C1.COC(=O)C1CCN(C(=O)c2ccc3c(c2)c2c(n3C)CCC(C3CCOCC3)C2)C1. The molecule has 4 fully saturated rings. The van der Waals surface area contributed by atoms with E-state index in [0.717, 1.165) is 81.5 Å². The summed E-state index contributed by atoms with van der Waals surface area (Å²) in [5.41, 5.74) is 9.64. The molecule has 4 atom stereocenters. The lowest BCUT2D eigenvalue weighted by molar-refractivity contribution is -0.144. The molecule has 0 spiro atoms. The number of benzene rings is 2. The molecule has 10 rings (SSSR count). The number of amides is 3. The van der Waals surface area contributed by atoms with Crippen LogP contribution in [0.25, 0.3) is 21.8 Å². The third-order valence-corrected chi connectivity index (χ3v) is 15.9. The highest BCUT2D eigenvalue weighted by atomic mass is 16.5. The number of carbonyl (C=O) groups is 4. The first-order chi connectivity index (χ1) is 30.6. The second-order valence-corrected chi connectivity index (χ2v) is 19.2. The summed E-state index contributed by atoms with van der Waals surface area (Å²) in [7, 11) is 5.72. The Kier molecular flexibility index (Phi) is 13.0. The molecule has 12 nitrogen and oxygen atoms in total. The summed E-state index contributed by atoms with van der Waals surface area (Å²) in [5.74, 6) is 2.55. The molecule has 2 aromatic carbocycles. The molecule has 6 heterocycles. The number of rotatable bonds is 7. The maximum absolute atomic E-state index is 13.3. The molecule has 0 radical (unpaired) electrons. The quantitative estimate of drug-likeness (QED) is 0.207. The Morgan fingerprint density at radius 3 is 1.56 bits per heavy atom. The molecule has 2 aromatic heterocycles. The van der Waals surface area contributed by atoms with E-state index in [2.05, 4.69) is 52.8 Å². The summed E-state index contributed by atoms with van der Waals surface area (Å²) in [4.78, 5) is 54.1. The van der Waals surface area contributed by atoms with Gasteiger partial charge in [-0.2, -0.15) is 0 Å². The number of esters is 1. The van der Waals surface area contributed by atoms with Gasteiger partial charge in [0.2, 0.25) is 5.91 Å². The molecule has 4 unspecified atom stereocenters. The second kappa shape index (κ2) is 18.8. The van der Waals surface area contributed by atoms with Gasteiger partial charge in [-0.25, -0.2) is 0 Å². The van der Waals surface area contributed by atoms with Crippen LogP contribution < -0.4 is 5.32 Å². The van der Waals surface area contributed by atoms with Crippen LogP contribution in [-0.2, 0) is 63.6 Å². The summed E-state index contributed by atoms with van der Waals surface area (Å²) in [5, 5.41) is 5.36. The Bertz CT molecular complexity index is 2350. The number of aromatic nitrogens is 2. The van der Waals surface area contributed by atoms with Crippen LogP contribution in [0.2, 0.25) is 0 Å². The maximum atomic E-state index is 13.3. The highest BCUT2D eigenvalue weighted by molar-refractivity contribution is 6.01. The highest BCUT2D eigenvalue weighted by Crippen LogP contribution is 2.41. The molecule has 4 saturated heterocycles. The number of aryl methyl sites for hydroxylation is 2. The van der Waals surface area contributed by atoms with E-state index in [9.17, 15) is 19.2 Å². The second-order valence-electron chi connectivity index (χ2n) is 19.2. The van der Waals surface area contributed by atoms with E-state index < -0.39 is 0 Å². The molecular weight excluding hydrogens is 795 g/mol. The van der Waals surface area contributed by atoms with Crippen molar-refractivity contribution >= 4 is 45.5 Å². The normalized spacial score (nSPS) is 24.2. The van der Waals surface area contributed by atoms with E-state index in [1.807, 2.05) is 24.0 Å². The average Bonchev–Trinajstić information content (AvgIpc) is 4.14. The van der Waals surface area contributed by atoms with Crippen molar-refractivity contribution < 1.29 is 33.4 Å². The lowest BCUT2D eigenvalue weighted by Crippen LogP contribution is -2.34. The predicted molar refractivity (Wildman–Crippen MR) is 243 cm³/mol. The monoisotopic (exact) mass is 862 g/mol. The van der Waals surface area contributed by atoms with Crippen LogP contribution in [-0.4, -0.2) is 109 Å². The summed E-state index contributed by atoms with van der Waals surface area (Å²) in [6.45, 7) is 8.36. The number of fused-ring (bicyclic) bond motifs is 6. The molecule has 338 valence electrons. The van der Waals surface area contributed by atoms with Crippen molar-refractivity contribution in [3.8, 4) is 0 Å². The van der Waals surface area contributed by atoms with Crippen molar-refractivity contribution in [2.45, 2.75) is 84.0 Å².